The number of amides is 1. The minimum absolute atomic E-state index is 0.0778. The number of halogens is 2. The highest BCUT2D eigenvalue weighted by atomic mass is 35.5. The Labute approximate surface area is 162 Å². The lowest BCUT2D eigenvalue weighted by Crippen LogP contribution is -2.13. The average Bonchev–Trinajstić information content (AvgIpc) is 3.01. The van der Waals surface area contributed by atoms with E-state index in [2.05, 4.69) is 10.3 Å². The second kappa shape index (κ2) is 7.82. The number of carbonyl (C=O) groups excluding carboxylic acids is 1. The third kappa shape index (κ3) is 4.37. The number of nitrogens with one attached hydrogen (secondary N) is 1. The first-order valence-corrected chi connectivity index (χ1v) is 8.94. The van der Waals surface area contributed by atoms with Crippen LogP contribution in [-0.4, -0.2) is 15.8 Å². The van der Waals surface area contributed by atoms with Crippen LogP contribution in [0.2, 0.25) is 10.0 Å². The van der Waals surface area contributed by atoms with Crippen LogP contribution < -0.4 is 5.32 Å². The molecular weight excluding hydrogens is 397 g/mol. The number of carbonyl (C=O) groups is 1. The van der Waals surface area contributed by atoms with E-state index in [1.54, 1.807) is 12.3 Å². The molecule has 3 rings (SSSR count). The Hall–Kier alpha value is -2.48. The number of nitro groups is 1. The van der Waals surface area contributed by atoms with Crippen molar-refractivity contribution in [2.45, 2.75) is 6.42 Å². The van der Waals surface area contributed by atoms with Crippen LogP contribution in [0.25, 0.3) is 0 Å². The number of aromatic nitrogens is 1. The summed E-state index contributed by atoms with van der Waals surface area (Å²) < 4.78 is 0. The molecule has 0 fully saturated rings. The van der Waals surface area contributed by atoms with Gasteiger partial charge < -0.3 is 0 Å². The molecule has 0 radical (unpaired) electrons. The standard InChI is InChI=1S/C17H11Cl2N3O3S/c18-11-3-1-2-10(6-11)7-13-9-20-17(26-13)21-16(23)14-5-4-12(19)8-15(14)22(24)25/h1-6,8-9H,7H2,(H,20,21,23). The van der Waals surface area contributed by atoms with Crippen molar-refractivity contribution in [3.63, 3.8) is 0 Å². The van der Waals surface area contributed by atoms with E-state index in [-0.39, 0.29) is 16.3 Å². The fourth-order valence-corrected chi connectivity index (χ4v) is 3.53. The van der Waals surface area contributed by atoms with Gasteiger partial charge in [0.05, 0.1) is 4.92 Å². The van der Waals surface area contributed by atoms with Crippen molar-refractivity contribution in [1.29, 1.82) is 0 Å². The number of nitrogens with zero attached hydrogens (tertiary/aromatic N) is 2. The number of hydrogen-bond donors (Lipinski definition) is 1. The number of benzene rings is 2. The molecule has 0 aliphatic carbocycles. The first kappa shape index (κ1) is 18.3. The molecule has 3 aromatic rings. The van der Waals surface area contributed by atoms with Crippen LogP contribution in [0.4, 0.5) is 10.8 Å². The Morgan fingerprint density at radius 2 is 1.96 bits per heavy atom. The Balaban J connectivity index is 1.75. The summed E-state index contributed by atoms with van der Waals surface area (Å²) in [6.07, 6.45) is 2.27. The molecule has 26 heavy (non-hydrogen) atoms. The van der Waals surface area contributed by atoms with Crippen LogP contribution in [-0.2, 0) is 6.42 Å². The topological polar surface area (TPSA) is 85.1 Å². The first-order chi connectivity index (χ1) is 12.4. The molecule has 1 aromatic heterocycles. The average molecular weight is 408 g/mol. The van der Waals surface area contributed by atoms with Gasteiger partial charge in [-0.1, -0.05) is 35.3 Å². The molecule has 0 aliphatic heterocycles. The molecule has 0 spiro atoms. The molecule has 1 amide bonds. The molecule has 1 heterocycles. The largest absolute Gasteiger partial charge is 0.298 e. The SMILES string of the molecule is O=C(Nc1ncc(Cc2cccc(Cl)c2)s1)c1ccc(Cl)cc1[N+](=O)[O-]. The van der Waals surface area contributed by atoms with Crippen LogP contribution in [0.5, 0.6) is 0 Å². The van der Waals surface area contributed by atoms with Gasteiger partial charge in [-0.15, -0.1) is 11.3 Å². The second-order valence-corrected chi connectivity index (χ2v) is 7.30. The fraction of sp³-hybridized carbons (Fsp3) is 0.0588. The van der Waals surface area contributed by atoms with Gasteiger partial charge in [-0.2, -0.15) is 0 Å². The molecule has 0 saturated carbocycles. The van der Waals surface area contributed by atoms with E-state index >= 15 is 0 Å². The summed E-state index contributed by atoms with van der Waals surface area (Å²) in [7, 11) is 0. The predicted molar refractivity (Wildman–Crippen MR) is 102 cm³/mol. The minimum Gasteiger partial charge on any atom is -0.298 e. The highest BCUT2D eigenvalue weighted by Gasteiger charge is 2.21. The van der Waals surface area contributed by atoms with Crippen molar-refractivity contribution in [1.82, 2.24) is 4.98 Å². The van der Waals surface area contributed by atoms with E-state index in [0.29, 0.717) is 16.6 Å². The maximum absolute atomic E-state index is 12.4. The molecule has 0 aliphatic rings. The van der Waals surface area contributed by atoms with Gasteiger partial charge in [-0.25, -0.2) is 4.98 Å². The fourth-order valence-electron chi connectivity index (χ4n) is 2.31. The molecule has 132 valence electrons. The van der Waals surface area contributed by atoms with E-state index in [9.17, 15) is 14.9 Å². The molecule has 0 saturated heterocycles. The normalized spacial score (nSPS) is 10.5. The summed E-state index contributed by atoms with van der Waals surface area (Å²) in [5.74, 6) is -0.614. The monoisotopic (exact) mass is 407 g/mol. The molecule has 9 heteroatoms. The number of anilines is 1. The quantitative estimate of drug-likeness (QED) is 0.464. The maximum Gasteiger partial charge on any atom is 0.283 e. The van der Waals surface area contributed by atoms with Crippen molar-refractivity contribution in [3.8, 4) is 0 Å². The molecule has 1 N–H and O–H groups in total. The van der Waals surface area contributed by atoms with Gasteiger partial charge in [0, 0.05) is 33.6 Å². The zero-order valence-electron chi connectivity index (χ0n) is 13.1. The maximum atomic E-state index is 12.4. The van der Waals surface area contributed by atoms with Crippen LogP contribution in [0.3, 0.4) is 0 Å². The van der Waals surface area contributed by atoms with E-state index in [0.717, 1.165) is 16.5 Å². The zero-order valence-corrected chi connectivity index (χ0v) is 15.4. The first-order valence-electron chi connectivity index (χ1n) is 7.37. The van der Waals surface area contributed by atoms with Crippen molar-refractivity contribution in [3.05, 3.63) is 84.8 Å². The van der Waals surface area contributed by atoms with Gasteiger partial charge in [0.1, 0.15) is 5.56 Å². The van der Waals surface area contributed by atoms with Crippen LogP contribution in [0.15, 0.2) is 48.7 Å². The summed E-state index contributed by atoms with van der Waals surface area (Å²) in [5.41, 5.74) is 0.587. The molecular formula is C17H11Cl2N3O3S. The van der Waals surface area contributed by atoms with Crippen molar-refractivity contribution < 1.29 is 9.72 Å². The third-order valence-corrected chi connectivity index (χ3v) is 4.83. The zero-order chi connectivity index (χ0) is 18.7. The molecule has 2 aromatic carbocycles. The molecule has 0 bridgehead atoms. The number of rotatable bonds is 5. The highest BCUT2D eigenvalue weighted by Crippen LogP contribution is 2.26. The van der Waals surface area contributed by atoms with E-state index < -0.39 is 10.8 Å². The lowest BCUT2D eigenvalue weighted by molar-refractivity contribution is -0.385. The van der Waals surface area contributed by atoms with Crippen LogP contribution in [0, 0.1) is 10.1 Å². The van der Waals surface area contributed by atoms with Gasteiger partial charge in [0.2, 0.25) is 0 Å². The summed E-state index contributed by atoms with van der Waals surface area (Å²) in [6, 6.07) is 11.3. The van der Waals surface area contributed by atoms with E-state index in [4.69, 9.17) is 23.2 Å². The summed E-state index contributed by atoms with van der Waals surface area (Å²) >= 11 is 13.0. The van der Waals surface area contributed by atoms with Crippen molar-refractivity contribution >= 4 is 51.3 Å². The Kier molecular flexibility index (Phi) is 5.51. The lowest BCUT2D eigenvalue weighted by atomic mass is 10.1. The van der Waals surface area contributed by atoms with Crippen molar-refractivity contribution in [2.24, 2.45) is 0 Å². The minimum atomic E-state index is -0.646. The summed E-state index contributed by atoms with van der Waals surface area (Å²) in [4.78, 5) is 27.9. The molecule has 6 nitrogen and oxygen atoms in total. The lowest BCUT2D eigenvalue weighted by Gasteiger charge is -2.03. The molecule has 0 unspecified atom stereocenters. The number of nitro benzene ring substituents is 1. The highest BCUT2D eigenvalue weighted by molar-refractivity contribution is 7.15. The van der Waals surface area contributed by atoms with E-state index in [1.807, 2.05) is 18.2 Å². The van der Waals surface area contributed by atoms with Gasteiger partial charge in [-0.05, 0) is 29.8 Å². The van der Waals surface area contributed by atoms with Gasteiger partial charge >= 0.3 is 0 Å². The number of thiazole rings is 1. The summed E-state index contributed by atoms with van der Waals surface area (Å²) in [5, 5.41) is 14.9. The molecule has 0 atom stereocenters. The van der Waals surface area contributed by atoms with Crippen molar-refractivity contribution in [2.75, 3.05) is 5.32 Å². The number of hydrogen-bond acceptors (Lipinski definition) is 5. The predicted octanol–water partition coefficient (Wildman–Crippen LogP) is 5.20. The van der Waals surface area contributed by atoms with E-state index in [1.165, 1.54) is 23.5 Å². The Morgan fingerprint density at radius 3 is 2.69 bits per heavy atom. The van der Waals surface area contributed by atoms with Gasteiger partial charge in [0.15, 0.2) is 5.13 Å². The smallest absolute Gasteiger partial charge is 0.283 e. The van der Waals surface area contributed by atoms with Crippen LogP contribution >= 0.6 is 34.5 Å². The van der Waals surface area contributed by atoms with Gasteiger partial charge in [-0.3, -0.25) is 20.2 Å². The second-order valence-electron chi connectivity index (χ2n) is 5.31. The third-order valence-electron chi connectivity index (χ3n) is 3.44. The van der Waals surface area contributed by atoms with Gasteiger partial charge in [0.25, 0.3) is 11.6 Å². The Morgan fingerprint density at radius 1 is 1.19 bits per heavy atom. The summed E-state index contributed by atoms with van der Waals surface area (Å²) in [6.45, 7) is 0. The Bertz CT molecular complexity index is 991. The van der Waals surface area contributed by atoms with Crippen LogP contribution in [0.1, 0.15) is 20.8 Å².